The lowest BCUT2D eigenvalue weighted by molar-refractivity contribution is 0.374. The second kappa shape index (κ2) is 9.21. The van der Waals surface area contributed by atoms with Crippen molar-refractivity contribution in [2.75, 3.05) is 34.2 Å². The SMILES string of the molecule is COc1cc(OC)c(/C=C(/C#N)S(=O)(=O)Cc2ccc(OC)c(N)c2)c(OC)c1. The third-order valence-electron chi connectivity index (χ3n) is 4.12. The largest absolute Gasteiger partial charge is 0.496 e. The van der Waals surface area contributed by atoms with Crippen molar-refractivity contribution in [1.82, 2.24) is 0 Å². The number of ether oxygens (including phenoxy) is 4. The lowest BCUT2D eigenvalue weighted by atomic mass is 10.1. The minimum absolute atomic E-state index is 0.304. The highest BCUT2D eigenvalue weighted by molar-refractivity contribution is 7.95. The van der Waals surface area contributed by atoms with E-state index in [1.165, 1.54) is 40.6 Å². The number of nitrogens with zero attached hydrogens (tertiary/aromatic N) is 1. The molecule has 0 aliphatic rings. The van der Waals surface area contributed by atoms with E-state index in [4.69, 9.17) is 24.7 Å². The fourth-order valence-corrected chi connectivity index (χ4v) is 3.88. The van der Waals surface area contributed by atoms with Crippen LogP contribution in [0.5, 0.6) is 23.0 Å². The lowest BCUT2D eigenvalue weighted by Crippen LogP contribution is -2.07. The first-order valence-corrected chi connectivity index (χ1v) is 10.0. The van der Waals surface area contributed by atoms with E-state index in [-0.39, 0.29) is 0 Å². The van der Waals surface area contributed by atoms with Gasteiger partial charge in [-0.1, -0.05) is 6.07 Å². The van der Waals surface area contributed by atoms with E-state index < -0.39 is 20.5 Å². The molecule has 154 valence electrons. The van der Waals surface area contributed by atoms with E-state index in [9.17, 15) is 13.7 Å². The van der Waals surface area contributed by atoms with E-state index in [1.54, 1.807) is 30.3 Å². The molecule has 0 atom stereocenters. The molecule has 0 aromatic heterocycles. The highest BCUT2D eigenvalue weighted by atomic mass is 32.2. The first-order chi connectivity index (χ1) is 13.8. The molecule has 0 saturated carbocycles. The Kier molecular flexibility index (Phi) is 6.96. The molecule has 0 saturated heterocycles. The molecule has 2 rings (SSSR count). The molecule has 2 N–H and O–H groups in total. The number of methoxy groups -OCH3 is 4. The summed E-state index contributed by atoms with van der Waals surface area (Å²) < 4.78 is 46.6. The minimum atomic E-state index is -3.96. The Bertz CT molecular complexity index is 1050. The second-order valence-electron chi connectivity index (χ2n) is 5.90. The van der Waals surface area contributed by atoms with E-state index >= 15 is 0 Å². The van der Waals surface area contributed by atoms with Gasteiger partial charge in [-0.05, 0) is 23.8 Å². The van der Waals surface area contributed by atoms with E-state index in [1.807, 2.05) is 0 Å². The second-order valence-corrected chi connectivity index (χ2v) is 7.86. The molecule has 9 heteroatoms. The number of hydrogen-bond donors (Lipinski definition) is 1. The molecule has 2 aromatic carbocycles. The Labute approximate surface area is 170 Å². The minimum Gasteiger partial charge on any atom is -0.496 e. The van der Waals surface area contributed by atoms with E-state index in [0.29, 0.717) is 39.8 Å². The van der Waals surface area contributed by atoms with E-state index in [0.717, 1.165) is 0 Å². The van der Waals surface area contributed by atoms with Crippen LogP contribution >= 0.6 is 0 Å². The summed E-state index contributed by atoms with van der Waals surface area (Å²) >= 11 is 0. The molecule has 2 aromatic rings. The van der Waals surface area contributed by atoms with Crippen LogP contribution in [0.25, 0.3) is 6.08 Å². The van der Waals surface area contributed by atoms with Gasteiger partial charge in [0.25, 0.3) is 0 Å². The fourth-order valence-electron chi connectivity index (χ4n) is 2.67. The number of nitrogen functional groups attached to an aromatic ring is 1. The number of benzene rings is 2. The highest BCUT2D eigenvalue weighted by Crippen LogP contribution is 2.36. The van der Waals surface area contributed by atoms with Crippen LogP contribution in [0.15, 0.2) is 35.2 Å². The molecule has 0 unspecified atom stereocenters. The van der Waals surface area contributed by atoms with Crippen molar-refractivity contribution < 1.29 is 27.4 Å². The highest BCUT2D eigenvalue weighted by Gasteiger charge is 2.22. The lowest BCUT2D eigenvalue weighted by Gasteiger charge is -2.13. The van der Waals surface area contributed by atoms with Crippen LogP contribution in [0, 0.1) is 11.3 Å². The van der Waals surface area contributed by atoms with Crippen molar-refractivity contribution in [2.24, 2.45) is 0 Å². The predicted octanol–water partition coefficient (Wildman–Crippen LogP) is 2.78. The summed E-state index contributed by atoms with van der Waals surface area (Å²) in [5.41, 5.74) is 6.89. The van der Waals surface area contributed by atoms with Gasteiger partial charge in [0, 0.05) is 12.1 Å². The van der Waals surface area contributed by atoms with Gasteiger partial charge in [0.1, 0.15) is 34.0 Å². The van der Waals surface area contributed by atoms with Crippen molar-refractivity contribution in [1.29, 1.82) is 5.26 Å². The van der Waals surface area contributed by atoms with Crippen LogP contribution in [0.2, 0.25) is 0 Å². The van der Waals surface area contributed by atoms with Gasteiger partial charge in [0.2, 0.25) is 0 Å². The van der Waals surface area contributed by atoms with Crippen molar-refractivity contribution in [2.45, 2.75) is 5.75 Å². The quantitative estimate of drug-likeness (QED) is 0.513. The summed E-state index contributed by atoms with van der Waals surface area (Å²) in [5.74, 6) is 1.11. The number of nitriles is 1. The third-order valence-corrected chi connectivity index (χ3v) is 5.72. The van der Waals surface area contributed by atoms with Crippen molar-refractivity contribution in [3.63, 3.8) is 0 Å². The molecule has 8 nitrogen and oxygen atoms in total. The predicted molar refractivity (Wildman–Crippen MR) is 110 cm³/mol. The van der Waals surface area contributed by atoms with Crippen LogP contribution < -0.4 is 24.7 Å². The van der Waals surface area contributed by atoms with Crippen LogP contribution in [0.4, 0.5) is 5.69 Å². The molecule has 29 heavy (non-hydrogen) atoms. The monoisotopic (exact) mass is 418 g/mol. The number of rotatable bonds is 8. The van der Waals surface area contributed by atoms with Gasteiger partial charge in [0.05, 0.1) is 45.4 Å². The molecule has 0 bridgehead atoms. The zero-order valence-electron chi connectivity index (χ0n) is 16.6. The van der Waals surface area contributed by atoms with Gasteiger partial charge >= 0.3 is 0 Å². The maximum absolute atomic E-state index is 12.9. The first kappa shape index (κ1) is 21.9. The molecule has 0 fully saturated rings. The van der Waals surface area contributed by atoms with Gasteiger partial charge in [-0.2, -0.15) is 5.26 Å². The van der Waals surface area contributed by atoms with Crippen molar-refractivity contribution >= 4 is 21.6 Å². The summed E-state index contributed by atoms with van der Waals surface area (Å²) in [6.45, 7) is 0. The van der Waals surface area contributed by atoms with Crippen LogP contribution in [-0.4, -0.2) is 36.9 Å². The van der Waals surface area contributed by atoms with Crippen LogP contribution in [-0.2, 0) is 15.6 Å². The molecule has 0 aliphatic carbocycles. The summed E-state index contributed by atoms with van der Waals surface area (Å²) in [6, 6.07) is 9.55. The summed E-state index contributed by atoms with van der Waals surface area (Å²) in [6.07, 6.45) is 1.22. The maximum Gasteiger partial charge on any atom is 0.192 e. The molecular formula is C20H22N2O6S. The number of anilines is 1. The molecular weight excluding hydrogens is 396 g/mol. The molecule has 0 heterocycles. The number of allylic oxidation sites excluding steroid dienone is 1. The smallest absolute Gasteiger partial charge is 0.192 e. The number of hydrogen-bond acceptors (Lipinski definition) is 8. The van der Waals surface area contributed by atoms with Crippen LogP contribution in [0.3, 0.4) is 0 Å². The Morgan fingerprint density at radius 1 is 1.00 bits per heavy atom. The summed E-state index contributed by atoms with van der Waals surface area (Å²) in [7, 11) is 1.83. The Morgan fingerprint density at radius 3 is 2.03 bits per heavy atom. The fraction of sp³-hybridized carbons (Fsp3) is 0.250. The standard InChI is InChI=1S/C20H22N2O6S/c1-25-14-8-19(27-3)16(20(9-14)28-4)10-15(11-21)29(23,24)12-13-5-6-18(26-2)17(22)7-13/h5-10H,12,22H2,1-4H3/b15-10-. The average Bonchev–Trinajstić information content (AvgIpc) is 2.71. The zero-order valence-corrected chi connectivity index (χ0v) is 17.4. The van der Waals surface area contributed by atoms with Crippen molar-refractivity contribution in [3.05, 3.63) is 46.4 Å². The number of sulfone groups is 1. The van der Waals surface area contributed by atoms with Crippen LogP contribution in [0.1, 0.15) is 11.1 Å². The van der Waals surface area contributed by atoms with E-state index in [2.05, 4.69) is 0 Å². The zero-order chi connectivity index (χ0) is 21.6. The molecule has 0 aliphatic heterocycles. The Hall–Kier alpha value is -3.38. The van der Waals surface area contributed by atoms with Crippen molar-refractivity contribution in [3.8, 4) is 29.1 Å². The van der Waals surface area contributed by atoms with Gasteiger partial charge in [0.15, 0.2) is 9.84 Å². The first-order valence-electron chi connectivity index (χ1n) is 8.36. The third kappa shape index (κ3) is 4.92. The van der Waals surface area contributed by atoms with Gasteiger partial charge in [-0.15, -0.1) is 0 Å². The van der Waals surface area contributed by atoms with Gasteiger partial charge in [-0.3, -0.25) is 0 Å². The summed E-state index contributed by atoms with van der Waals surface area (Å²) in [4.78, 5) is -0.436. The number of nitrogens with two attached hydrogens (primary N) is 1. The topological polar surface area (TPSA) is 121 Å². The molecule has 0 spiro atoms. The van der Waals surface area contributed by atoms with Gasteiger partial charge < -0.3 is 24.7 Å². The maximum atomic E-state index is 12.9. The Balaban J connectivity index is 2.51. The summed E-state index contributed by atoms with van der Waals surface area (Å²) in [5, 5.41) is 9.52. The van der Waals surface area contributed by atoms with Gasteiger partial charge in [-0.25, -0.2) is 8.42 Å². The average molecular weight is 418 g/mol. The molecule has 0 radical (unpaired) electrons. The normalized spacial score (nSPS) is 11.5. The molecule has 0 amide bonds. The Morgan fingerprint density at radius 2 is 1.59 bits per heavy atom.